The van der Waals surface area contributed by atoms with Gasteiger partial charge >= 0.3 is 0 Å². The highest BCUT2D eigenvalue weighted by atomic mass is 16.3. The monoisotopic (exact) mass is 334 g/mol. The lowest BCUT2D eigenvalue weighted by Crippen LogP contribution is -2.48. The largest absolute Gasteiger partial charge is 0.508 e. The van der Waals surface area contributed by atoms with E-state index in [0.717, 1.165) is 12.8 Å². The van der Waals surface area contributed by atoms with Gasteiger partial charge in [-0.15, -0.1) is 0 Å². The fraction of sp³-hybridized carbons (Fsp3) is 0.556. The standard InChI is InChI=1S/C18H26N2O4/c1-3-12(4-2)18(24)20-7-5-14(6-8-20)19-17(23)13-9-15(21)11-16(22)10-13/h9-12,14,21-22H,3-8H2,1-2H3,(H,19,23). The Hall–Kier alpha value is -2.24. The van der Waals surface area contributed by atoms with E-state index in [0.29, 0.717) is 25.9 Å². The van der Waals surface area contributed by atoms with E-state index in [1.54, 1.807) is 0 Å². The van der Waals surface area contributed by atoms with Crippen LogP contribution in [0.3, 0.4) is 0 Å². The molecule has 6 nitrogen and oxygen atoms in total. The summed E-state index contributed by atoms with van der Waals surface area (Å²) < 4.78 is 0. The molecule has 0 spiro atoms. The molecule has 0 saturated carbocycles. The molecule has 3 N–H and O–H groups in total. The van der Waals surface area contributed by atoms with Crippen molar-refractivity contribution in [2.24, 2.45) is 5.92 Å². The summed E-state index contributed by atoms with van der Waals surface area (Å²) in [6, 6.07) is 3.81. The van der Waals surface area contributed by atoms with Crippen LogP contribution in [-0.4, -0.2) is 46.1 Å². The van der Waals surface area contributed by atoms with E-state index in [4.69, 9.17) is 0 Å². The average Bonchev–Trinajstić information content (AvgIpc) is 2.55. The first-order chi connectivity index (χ1) is 11.4. The van der Waals surface area contributed by atoms with Crippen LogP contribution in [0.25, 0.3) is 0 Å². The van der Waals surface area contributed by atoms with Crippen LogP contribution >= 0.6 is 0 Å². The minimum Gasteiger partial charge on any atom is -0.508 e. The van der Waals surface area contributed by atoms with Gasteiger partial charge < -0.3 is 20.4 Å². The topological polar surface area (TPSA) is 89.9 Å². The highest BCUT2D eigenvalue weighted by Gasteiger charge is 2.27. The maximum Gasteiger partial charge on any atom is 0.251 e. The smallest absolute Gasteiger partial charge is 0.251 e. The maximum atomic E-state index is 12.4. The third kappa shape index (κ3) is 4.40. The van der Waals surface area contributed by atoms with Crippen molar-refractivity contribution in [3.8, 4) is 11.5 Å². The van der Waals surface area contributed by atoms with Crippen molar-refractivity contribution >= 4 is 11.8 Å². The van der Waals surface area contributed by atoms with Crippen LogP contribution in [0.5, 0.6) is 11.5 Å². The number of amides is 2. The van der Waals surface area contributed by atoms with E-state index >= 15 is 0 Å². The fourth-order valence-corrected chi connectivity index (χ4v) is 3.14. The van der Waals surface area contributed by atoms with Crippen molar-refractivity contribution in [1.82, 2.24) is 10.2 Å². The Morgan fingerprint density at radius 3 is 2.17 bits per heavy atom. The number of phenols is 2. The van der Waals surface area contributed by atoms with Crippen molar-refractivity contribution in [2.75, 3.05) is 13.1 Å². The SMILES string of the molecule is CCC(CC)C(=O)N1CCC(NC(=O)c2cc(O)cc(O)c2)CC1. The normalized spacial score (nSPS) is 15.5. The van der Waals surface area contributed by atoms with Crippen LogP contribution in [0.1, 0.15) is 49.9 Å². The molecule has 1 aliphatic rings. The number of carbonyl (C=O) groups is 2. The van der Waals surface area contributed by atoms with Gasteiger partial charge in [-0.05, 0) is 37.8 Å². The van der Waals surface area contributed by atoms with Crippen molar-refractivity contribution in [1.29, 1.82) is 0 Å². The van der Waals surface area contributed by atoms with E-state index in [1.165, 1.54) is 18.2 Å². The number of hydrogen-bond acceptors (Lipinski definition) is 4. The molecule has 0 aliphatic carbocycles. The molecule has 1 aromatic carbocycles. The number of carbonyl (C=O) groups excluding carboxylic acids is 2. The summed E-state index contributed by atoms with van der Waals surface area (Å²) in [5, 5.41) is 21.8. The molecule has 132 valence electrons. The van der Waals surface area contributed by atoms with E-state index < -0.39 is 0 Å². The van der Waals surface area contributed by atoms with Crippen LogP contribution in [0.4, 0.5) is 0 Å². The Kier molecular flexibility index (Phi) is 6.06. The van der Waals surface area contributed by atoms with E-state index in [9.17, 15) is 19.8 Å². The molecular weight excluding hydrogens is 308 g/mol. The first-order valence-corrected chi connectivity index (χ1v) is 8.57. The number of rotatable bonds is 5. The Labute approximate surface area is 142 Å². The molecule has 1 fully saturated rings. The Morgan fingerprint density at radius 2 is 1.67 bits per heavy atom. The molecule has 0 bridgehead atoms. The molecule has 1 saturated heterocycles. The van der Waals surface area contributed by atoms with Gasteiger partial charge in [0.1, 0.15) is 11.5 Å². The molecule has 2 amide bonds. The second-order valence-corrected chi connectivity index (χ2v) is 6.32. The molecular formula is C18H26N2O4. The maximum absolute atomic E-state index is 12.4. The zero-order valence-electron chi connectivity index (χ0n) is 14.3. The number of hydrogen-bond donors (Lipinski definition) is 3. The van der Waals surface area contributed by atoms with Crippen molar-refractivity contribution in [2.45, 2.75) is 45.6 Å². The zero-order valence-corrected chi connectivity index (χ0v) is 14.3. The molecule has 0 atom stereocenters. The number of likely N-dealkylation sites (tertiary alicyclic amines) is 1. The molecule has 6 heteroatoms. The molecule has 2 rings (SSSR count). The first kappa shape index (κ1) is 18.1. The molecule has 0 aromatic heterocycles. The minimum atomic E-state index is -0.328. The summed E-state index contributed by atoms with van der Waals surface area (Å²) in [4.78, 5) is 26.5. The summed E-state index contributed by atoms with van der Waals surface area (Å²) in [6.07, 6.45) is 3.13. The van der Waals surface area contributed by atoms with E-state index in [1.807, 2.05) is 18.7 Å². The molecule has 1 aromatic rings. The van der Waals surface area contributed by atoms with Crippen LogP contribution < -0.4 is 5.32 Å². The highest BCUT2D eigenvalue weighted by Crippen LogP contribution is 2.21. The van der Waals surface area contributed by atoms with E-state index in [-0.39, 0.29) is 40.8 Å². The van der Waals surface area contributed by atoms with Gasteiger partial charge in [-0.3, -0.25) is 9.59 Å². The van der Waals surface area contributed by atoms with Gasteiger partial charge in [0.25, 0.3) is 5.91 Å². The molecule has 0 radical (unpaired) electrons. The van der Waals surface area contributed by atoms with Gasteiger partial charge in [-0.2, -0.15) is 0 Å². The summed E-state index contributed by atoms with van der Waals surface area (Å²) in [5.74, 6) is -0.323. The Morgan fingerprint density at radius 1 is 1.12 bits per heavy atom. The summed E-state index contributed by atoms with van der Waals surface area (Å²) in [7, 11) is 0. The van der Waals surface area contributed by atoms with Crippen molar-refractivity contribution in [3.05, 3.63) is 23.8 Å². The third-order valence-corrected chi connectivity index (χ3v) is 4.64. The zero-order chi connectivity index (χ0) is 17.7. The van der Waals surface area contributed by atoms with Gasteiger partial charge in [0.2, 0.25) is 5.91 Å². The van der Waals surface area contributed by atoms with Crippen molar-refractivity contribution < 1.29 is 19.8 Å². The summed E-state index contributed by atoms with van der Waals surface area (Å²) in [6.45, 7) is 5.35. The third-order valence-electron chi connectivity index (χ3n) is 4.64. The number of piperidine rings is 1. The number of aromatic hydroxyl groups is 2. The fourth-order valence-electron chi connectivity index (χ4n) is 3.14. The lowest BCUT2D eigenvalue weighted by molar-refractivity contribution is -0.136. The first-order valence-electron chi connectivity index (χ1n) is 8.57. The summed E-state index contributed by atoms with van der Waals surface area (Å²) >= 11 is 0. The molecule has 1 heterocycles. The number of nitrogens with zero attached hydrogens (tertiary/aromatic N) is 1. The van der Waals surface area contributed by atoms with E-state index in [2.05, 4.69) is 5.32 Å². The van der Waals surface area contributed by atoms with Gasteiger partial charge in [0.15, 0.2) is 0 Å². The van der Waals surface area contributed by atoms with Gasteiger partial charge in [-0.1, -0.05) is 13.8 Å². The van der Waals surface area contributed by atoms with Crippen LogP contribution in [0, 0.1) is 5.92 Å². The molecule has 0 unspecified atom stereocenters. The highest BCUT2D eigenvalue weighted by molar-refractivity contribution is 5.95. The van der Waals surface area contributed by atoms with Crippen LogP contribution in [0.2, 0.25) is 0 Å². The Balaban J connectivity index is 1.88. The van der Waals surface area contributed by atoms with Crippen LogP contribution in [-0.2, 0) is 4.79 Å². The van der Waals surface area contributed by atoms with Gasteiger partial charge in [0, 0.05) is 36.7 Å². The number of benzene rings is 1. The lowest BCUT2D eigenvalue weighted by Gasteiger charge is -2.34. The minimum absolute atomic E-state index is 0.00672. The second kappa shape index (κ2) is 8.04. The predicted molar refractivity (Wildman–Crippen MR) is 90.9 cm³/mol. The second-order valence-electron chi connectivity index (χ2n) is 6.32. The molecule has 1 aliphatic heterocycles. The van der Waals surface area contributed by atoms with Crippen molar-refractivity contribution in [3.63, 3.8) is 0 Å². The molecule has 24 heavy (non-hydrogen) atoms. The van der Waals surface area contributed by atoms with Gasteiger partial charge in [-0.25, -0.2) is 0 Å². The lowest BCUT2D eigenvalue weighted by atomic mass is 9.98. The quantitative estimate of drug-likeness (QED) is 0.770. The van der Waals surface area contributed by atoms with Gasteiger partial charge in [0.05, 0.1) is 0 Å². The number of nitrogens with one attached hydrogen (secondary N) is 1. The number of phenolic OH excluding ortho intramolecular Hbond substituents is 2. The Bertz CT molecular complexity index is 570. The predicted octanol–water partition coefficient (Wildman–Crippen LogP) is 2.25. The summed E-state index contributed by atoms with van der Waals surface area (Å²) in [5.41, 5.74) is 0.225. The van der Waals surface area contributed by atoms with Crippen LogP contribution in [0.15, 0.2) is 18.2 Å². The average molecular weight is 334 g/mol.